The lowest BCUT2D eigenvalue weighted by Crippen LogP contribution is -2.52. The Hall–Kier alpha value is -3.07. The molecule has 0 saturated carbocycles. The highest BCUT2D eigenvalue weighted by molar-refractivity contribution is 7.92. The van der Waals surface area contributed by atoms with Gasteiger partial charge in [-0.05, 0) is 83.0 Å². The van der Waals surface area contributed by atoms with Gasteiger partial charge < -0.3 is 10.2 Å². The third-order valence-corrected chi connectivity index (χ3v) is 8.99. The van der Waals surface area contributed by atoms with Crippen LogP contribution in [0.1, 0.15) is 43.0 Å². The van der Waals surface area contributed by atoms with Crippen molar-refractivity contribution < 1.29 is 18.0 Å². The van der Waals surface area contributed by atoms with E-state index in [1.165, 1.54) is 17.0 Å². The molecule has 0 radical (unpaired) electrons. The van der Waals surface area contributed by atoms with Gasteiger partial charge in [0, 0.05) is 28.2 Å². The normalized spacial score (nSPS) is 12.2. The topological polar surface area (TPSA) is 86.8 Å². The zero-order valence-corrected chi connectivity index (χ0v) is 25.9. The van der Waals surface area contributed by atoms with Crippen molar-refractivity contribution in [2.45, 2.75) is 65.1 Å². The Morgan fingerprint density at radius 2 is 1.45 bits per heavy atom. The molecule has 2 amide bonds. The molecular weight excluding hydrogens is 569 g/mol. The Balaban J connectivity index is 2.11. The van der Waals surface area contributed by atoms with Crippen LogP contribution in [-0.2, 0) is 26.2 Å². The molecule has 0 fully saturated rings. The SMILES string of the molecule is Cc1ccc(S(=O)(=O)N(CC(=O)N(Cc2c(Cl)cccc2Cl)[C@@H](C)C(=O)NC(C)C)c2cc(C)ccc2C)cc1. The van der Waals surface area contributed by atoms with E-state index in [0.717, 1.165) is 15.4 Å². The van der Waals surface area contributed by atoms with Crippen LogP contribution in [0, 0.1) is 20.8 Å². The van der Waals surface area contributed by atoms with Crippen LogP contribution in [0.3, 0.4) is 0 Å². The number of halogens is 2. The third kappa shape index (κ3) is 7.36. The second-order valence-electron chi connectivity index (χ2n) is 10.2. The number of anilines is 1. The van der Waals surface area contributed by atoms with Crippen molar-refractivity contribution in [2.75, 3.05) is 10.8 Å². The van der Waals surface area contributed by atoms with Crippen LogP contribution in [0.25, 0.3) is 0 Å². The van der Waals surface area contributed by atoms with Gasteiger partial charge in [0.1, 0.15) is 12.6 Å². The van der Waals surface area contributed by atoms with Crippen molar-refractivity contribution in [3.8, 4) is 0 Å². The molecule has 0 saturated heterocycles. The van der Waals surface area contributed by atoms with Crippen molar-refractivity contribution in [2.24, 2.45) is 0 Å². The molecule has 0 bridgehead atoms. The number of benzene rings is 3. The number of aryl methyl sites for hydroxylation is 3. The summed E-state index contributed by atoms with van der Waals surface area (Å²) in [5.74, 6) is -0.967. The predicted molar refractivity (Wildman–Crippen MR) is 161 cm³/mol. The van der Waals surface area contributed by atoms with Crippen molar-refractivity contribution >= 4 is 50.7 Å². The minimum absolute atomic E-state index is 0.0538. The fraction of sp³-hybridized carbons (Fsp3) is 0.333. The molecule has 0 aliphatic heterocycles. The van der Waals surface area contributed by atoms with E-state index in [4.69, 9.17) is 23.2 Å². The van der Waals surface area contributed by atoms with Crippen LogP contribution in [0.5, 0.6) is 0 Å². The van der Waals surface area contributed by atoms with Gasteiger partial charge in [0.15, 0.2) is 0 Å². The van der Waals surface area contributed by atoms with Crippen molar-refractivity contribution in [1.82, 2.24) is 10.2 Å². The Bertz CT molecular complexity index is 1470. The average molecular weight is 605 g/mol. The number of rotatable bonds is 10. The Morgan fingerprint density at radius 1 is 0.875 bits per heavy atom. The lowest BCUT2D eigenvalue weighted by atomic mass is 10.1. The van der Waals surface area contributed by atoms with Crippen LogP contribution in [0.15, 0.2) is 65.6 Å². The van der Waals surface area contributed by atoms with E-state index in [2.05, 4.69) is 5.32 Å². The molecule has 0 aromatic heterocycles. The predicted octanol–water partition coefficient (Wildman–Crippen LogP) is 6.06. The van der Waals surface area contributed by atoms with E-state index in [-0.39, 0.29) is 23.4 Å². The molecule has 3 aromatic rings. The number of sulfonamides is 1. The third-order valence-electron chi connectivity index (χ3n) is 6.51. The first-order chi connectivity index (χ1) is 18.7. The summed E-state index contributed by atoms with van der Waals surface area (Å²) in [5, 5.41) is 3.49. The number of nitrogens with one attached hydrogen (secondary N) is 1. The number of hydrogen-bond donors (Lipinski definition) is 1. The summed E-state index contributed by atoms with van der Waals surface area (Å²) in [4.78, 5) is 28.5. The maximum absolute atomic E-state index is 14.1. The van der Waals surface area contributed by atoms with Gasteiger partial charge in [-0.15, -0.1) is 0 Å². The first-order valence-electron chi connectivity index (χ1n) is 12.9. The second kappa shape index (κ2) is 13.1. The van der Waals surface area contributed by atoms with E-state index in [1.54, 1.807) is 50.2 Å². The Labute approximate surface area is 247 Å². The van der Waals surface area contributed by atoms with Gasteiger partial charge in [-0.2, -0.15) is 0 Å². The van der Waals surface area contributed by atoms with Crippen LogP contribution in [-0.4, -0.2) is 43.8 Å². The molecule has 10 heteroatoms. The van der Waals surface area contributed by atoms with E-state index in [9.17, 15) is 18.0 Å². The summed E-state index contributed by atoms with van der Waals surface area (Å²) in [6.45, 7) is 10.1. The lowest BCUT2D eigenvalue weighted by molar-refractivity contribution is -0.139. The molecule has 7 nitrogen and oxygen atoms in total. The molecule has 1 N–H and O–H groups in total. The molecule has 0 heterocycles. The van der Waals surface area contributed by atoms with E-state index < -0.39 is 28.5 Å². The van der Waals surface area contributed by atoms with Crippen LogP contribution < -0.4 is 9.62 Å². The number of nitrogens with zero attached hydrogens (tertiary/aromatic N) is 2. The summed E-state index contributed by atoms with van der Waals surface area (Å²) in [5.41, 5.74) is 3.26. The van der Waals surface area contributed by atoms with Crippen LogP contribution in [0.2, 0.25) is 10.0 Å². The maximum atomic E-state index is 14.1. The van der Waals surface area contributed by atoms with Gasteiger partial charge in [0.2, 0.25) is 11.8 Å². The molecule has 3 rings (SSSR count). The van der Waals surface area contributed by atoms with E-state index in [1.807, 2.05) is 39.8 Å². The first kappa shape index (κ1) is 31.5. The molecule has 0 spiro atoms. The van der Waals surface area contributed by atoms with Gasteiger partial charge in [-0.3, -0.25) is 13.9 Å². The zero-order chi connectivity index (χ0) is 29.8. The highest BCUT2D eigenvalue weighted by Gasteiger charge is 2.33. The van der Waals surface area contributed by atoms with Gasteiger partial charge in [-0.1, -0.05) is 59.1 Å². The minimum Gasteiger partial charge on any atom is -0.352 e. The highest BCUT2D eigenvalue weighted by atomic mass is 35.5. The fourth-order valence-electron chi connectivity index (χ4n) is 4.18. The average Bonchev–Trinajstić information content (AvgIpc) is 2.88. The summed E-state index contributed by atoms with van der Waals surface area (Å²) >= 11 is 12.8. The van der Waals surface area contributed by atoms with Gasteiger partial charge in [-0.25, -0.2) is 8.42 Å². The molecule has 0 aliphatic rings. The summed E-state index contributed by atoms with van der Waals surface area (Å²) in [7, 11) is -4.16. The van der Waals surface area contributed by atoms with Gasteiger partial charge >= 0.3 is 0 Å². The molecule has 1 atom stereocenters. The van der Waals surface area contributed by atoms with Crippen LogP contribution in [0.4, 0.5) is 5.69 Å². The zero-order valence-electron chi connectivity index (χ0n) is 23.5. The molecule has 40 heavy (non-hydrogen) atoms. The number of amides is 2. The standard InChI is InChI=1S/C30H35Cl2N3O4S/c1-19(2)33-30(37)23(6)34(17-25-26(31)8-7-9-27(25)32)29(36)18-35(28-16-21(4)10-13-22(28)5)40(38,39)24-14-11-20(3)12-15-24/h7-16,19,23H,17-18H2,1-6H3,(H,33,37)/t23-/m0/s1. The molecule has 3 aromatic carbocycles. The Morgan fingerprint density at radius 3 is 2.02 bits per heavy atom. The second-order valence-corrected chi connectivity index (χ2v) is 12.9. The fourth-order valence-corrected chi connectivity index (χ4v) is 6.17. The Kier molecular flexibility index (Phi) is 10.3. The first-order valence-corrected chi connectivity index (χ1v) is 15.1. The maximum Gasteiger partial charge on any atom is 0.264 e. The molecule has 0 unspecified atom stereocenters. The van der Waals surface area contributed by atoms with Crippen LogP contribution >= 0.6 is 23.2 Å². The van der Waals surface area contributed by atoms with Crippen molar-refractivity contribution in [3.63, 3.8) is 0 Å². The smallest absolute Gasteiger partial charge is 0.264 e. The lowest BCUT2D eigenvalue weighted by Gasteiger charge is -2.33. The quantitative estimate of drug-likeness (QED) is 0.305. The minimum atomic E-state index is -4.16. The van der Waals surface area contributed by atoms with Crippen molar-refractivity contribution in [3.05, 3.63) is 93.0 Å². The largest absolute Gasteiger partial charge is 0.352 e. The highest BCUT2D eigenvalue weighted by Crippen LogP contribution is 2.30. The monoisotopic (exact) mass is 603 g/mol. The summed E-state index contributed by atoms with van der Waals surface area (Å²) in [6, 6.07) is 15.8. The summed E-state index contributed by atoms with van der Waals surface area (Å²) < 4.78 is 29.1. The molecule has 0 aliphatic carbocycles. The summed E-state index contributed by atoms with van der Waals surface area (Å²) in [6.07, 6.45) is 0. The number of carbonyl (C=O) groups is 2. The van der Waals surface area contributed by atoms with E-state index >= 15 is 0 Å². The number of carbonyl (C=O) groups excluding carboxylic acids is 2. The van der Waals surface area contributed by atoms with Crippen molar-refractivity contribution in [1.29, 1.82) is 0 Å². The van der Waals surface area contributed by atoms with Gasteiger partial charge in [0.25, 0.3) is 10.0 Å². The number of hydrogen-bond acceptors (Lipinski definition) is 4. The van der Waals surface area contributed by atoms with E-state index in [0.29, 0.717) is 26.9 Å². The van der Waals surface area contributed by atoms with Gasteiger partial charge in [0.05, 0.1) is 10.6 Å². The molecule has 214 valence electrons. The molecular formula is C30H35Cl2N3O4S.